The van der Waals surface area contributed by atoms with Gasteiger partial charge < -0.3 is 15.4 Å². The molecule has 0 radical (unpaired) electrons. The second kappa shape index (κ2) is 11.6. The highest BCUT2D eigenvalue weighted by Gasteiger charge is 2.27. The smallest absolute Gasteiger partial charge is 0.251 e. The number of amides is 1. The lowest BCUT2D eigenvalue weighted by Gasteiger charge is -2.29. The Balaban J connectivity index is 1.36. The Morgan fingerprint density at radius 3 is 2.24 bits per heavy atom. The van der Waals surface area contributed by atoms with Crippen molar-refractivity contribution in [2.45, 2.75) is 38.1 Å². The first-order valence-electron chi connectivity index (χ1n) is 11.7. The molecule has 1 saturated heterocycles. The quantitative estimate of drug-likeness (QED) is 0.547. The molecule has 172 valence electrons. The van der Waals surface area contributed by atoms with Gasteiger partial charge in [0, 0.05) is 24.7 Å². The van der Waals surface area contributed by atoms with Crippen LogP contribution in [0, 0.1) is 0 Å². The van der Waals surface area contributed by atoms with Crippen LogP contribution in [0.3, 0.4) is 0 Å². The van der Waals surface area contributed by atoms with Crippen molar-refractivity contribution in [3.8, 4) is 5.75 Å². The number of nitrogens with zero attached hydrogens (tertiary/aromatic N) is 1. The molecule has 3 aromatic carbocycles. The summed E-state index contributed by atoms with van der Waals surface area (Å²) >= 11 is 0. The first kappa shape index (κ1) is 23.0. The Morgan fingerprint density at radius 2 is 1.58 bits per heavy atom. The summed E-state index contributed by atoms with van der Waals surface area (Å²) in [6.45, 7) is 3.27. The molecule has 1 aliphatic rings. The van der Waals surface area contributed by atoms with Gasteiger partial charge in [0.25, 0.3) is 5.91 Å². The van der Waals surface area contributed by atoms with Crippen molar-refractivity contribution in [1.82, 2.24) is 15.5 Å². The van der Waals surface area contributed by atoms with Crippen LogP contribution in [0.1, 0.15) is 34.3 Å². The SMILES string of the molecule is CNC1CCCN(Cc2ccccc2)CC1NC(=O)c1ccc(OCc2ccccc2)cc1. The lowest BCUT2D eigenvalue weighted by Crippen LogP contribution is -2.52. The van der Waals surface area contributed by atoms with Crippen molar-refractivity contribution >= 4 is 5.91 Å². The molecule has 2 atom stereocenters. The molecule has 1 aliphatic heterocycles. The van der Waals surface area contributed by atoms with Gasteiger partial charge in [-0.05, 0) is 61.8 Å². The third-order valence-corrected chi connectivity index (χ3v) is 6.23. The van der Waals surface area contributed by atoms with Gasteiger partial charge >= 0.3 is 0 Å². The average Bonchev–Trinajstić information content (AvgIpc) is 3.05. The van der Waals surface area contributed by atoms with Crippen LogP contribution in [-0.2, 0) is 13.2 Å². The molecular weight excluding hydrogens is 410 g/mol. The molecule has 3 aromatic rings. The maximum atomic E-state index is 13.0. The number of benzene rings is 3. The fourth-order valence-electron chi connectivity index (χ4n) is 4.40. The van der Waals surface area contributed by atoms with Gasteiger partial charge in [0.2, 0.25) is 0 Å². The van der Waals surface area contributed by atoms with E-state index >= 15 is 0 Å². The molecule has 5 heteroatoms. The number of likely N-dealkylation sites (N-methyl/N-ethyl adjacent to an activating group) is 1. The summed E-state index contributed by atoms with van der Waals surface area (Å²) in [6.07, 6.45) is 2.15. The van der Waals surface area contributed by atoms with Crippen molar-refractivity contribution in [2.24, 2.45) is 0 Å². The highest BCUT2D eigenvalue weighted by molar-refractivity contribution is 5.94. The Bertz CT molecular complexity index is 993. The number of nitrogens with one attached hydrogen (secondary N) is 2. The van der Waals surface area contributed by atoms with Crippen LogP contribution in [0.15, 0.2) is 84.9 Å². The number of carbonyl (C=O) groups is 1. The number of carbonyl (C=O) groups excluding carboxylic acids is 1. The molecule has 0 aromatic heterocycles. The Kier molecular flexibility index (Phi) is 8.12. The molecule has 33 heavy (non-hydrogen) atoms. The first-order valence-corrected chi connectivity index (χ1v) is 11.7. The predicted octanol–water partition coefficient (Wildman–Crippen LogP) is 4.25. The van der Waals surface area contributed by atoms with E-state index in [0.29, 0.717) is 12.2 Å². The zero-order chi connectivity index (χ0) is 22.9. The van der Waals surface area contributed by atoms with Gasteiger partial charge in [-0.25, -0.2) is 0 Å². The summed E-state index contributed by atoms with van der Waals surface area (Å²) in [4.78, 5) is 15.5. The summed E-state index contributed by atoms with van der Waals surface area (Å²) in [6, 6.07) is 28.3. The molecule has 4 rings (SSSR count). The summed E-state index contributed by atoms with van der Waals surface area (Å²) < 4.78 is 5.85. The topological polar surface area (TPSA) is 53.6 Å². The largest absolute Gasteiger partial charge is 0.489 e. The minimum Gasteiger partial charge on any atom is -0.489 e. The molecule has 1 amide bonds. The van der Waals surface area contributed by atoms with Crippen LogP contribution in [0.5, 0.6) is 5.75 Å². The Morgan fingerprint density at radius 1 is 0.909 bits per heavy atom. The summed E-state index contributed by atoms with van der Waals surface area (Å²) in [5, 5.41) is 6.70. The highest BCUT2D eigenvalue weighted by Crippen LogP contribution is 2.17. The number of ether oxygens (including phenoxy) is 1. The van der Waals surface area contributed by atoms with Crippen molar-refractivity contribution < 1.29 is 9.53 Å². The normalized spacial score (nSPS) is 18.9. The van der Waals surface area contributed by atoms with Gasteiger partial charge in [-0.15, -0.1) is 0 Å². The van der Waals surface area contributed by atoms with E-state index in [0.717, 1.165) is 43.8 Å². The average molecular weight is 444 g/mol. The van der Waals surface area contributed by atoms with Crippen molar-refractivity contribution in [3.63, 3.8) is 0 Å². The van der Waals surface area contributed by atoms with Crippen LogP contribution in [0.4, 0.5) is 0 Å². The molecule has 1 fully saturated rings. The zero-order valence-electron chi connectivity index (χ0n) is 19.2. The molecule has 0 bridgehead atoms. The van der Waals surface area contributed by atoms with Crippen LogP contribution < -0.4 is 15.4 Å². The highest BCUT2D eigenvalue weighted by atomic mass is 16.5. The fraction of sp³-hybridized carbons (Fsp3) is 0.321. The zero-order valence-corrected chi connectivity index (χ0v) is 19.2. The summed E-state index contributed by atoms with van der Waals surface area (Å²) in [7, 11) is 1.98. The van der Waals surface area contributed by atoms with E-state index in [4.69, 9.17) is 4.74 Å². The van der Waals surface area contributed by atoms with Crippen LogP contribution in [-0.4, -0.2) is 43.0 Å². The van der Waals surface area contributed by atoms with Gasteiger partial charge in [-0.2, -0.15) is 0 Å². The maximum Gasteiger partial charge on any atom is 0.251 e. The van der Waals surface area contributed by atoms with Gasteiger partial charge in [-0.1, -0.05) is 60.7 Å². The molecule has 1 heterocycles. The number of hydrogen-bond acceptors (Lipinski definition) is 4. The van der Waals surface area contributed by atoms with E-state index in [2.05, 4.69) is 39.8 Å². The van der Waals surface area contributed by atoms with Crippen molar-refractivity contribution in [3.05, 3.63) is 102 Å². The van der Waals surface area contributed by atoms with Gasteiger partial charge in [0.15, 0.2) is 0 Å². The number of likely N-dealkylation sites (tertiary alicyclic amines) is 1. The van der Waals surface area contributed by atoms with Crippen LogP contribution in [0.2, 0.25) is 0 Å². The van der Waals surface area contributed by atoms with E-state index in [1.54, 1.807) is 0 Å². The molecule has 0 saturated carbocycles. The third kappa shape index (κ3) is 6.67. The summed E-state index contributed by atoms with van der Waals surface area (Å²) in [5.74, 6) is 0.712. The maximum absolute atomic E-state index is 13.0. The van der Waals surface area contributed by atoms with Gasteiger partial charge in [-0.3, -0.25) is 9.69 Å². The lowest BCUT2D eigenvalue weighted by molar-refractivity contribution is 0.0917. The van der Waals surface area contributed by atoms with E-state index in [9.17, 15) is 4.79 Å². The molecular formula is C28H33N3O2. The second-order valence-electron chi connectivity index (χ2n) is 8.64. The van der Waals surface area contributed by atoms with Gasteiger partial charge in [0.05, 0.1) is 6.04 Å². The molecule has 0 aliphatic carbocycles. The Labute approximate surface area is 196 Å². The van der Waals surface area contributed by atoms with E-state index in [1.807, 2.05) is 67.7 Å². The van der Waals surface area contributed by atoms with E-state index in [1.165, 1.54) is 5.56 Å². The molecule has 0 spiro atoms. The minimum absolute atomic E-state index is 0.0442. The first-order chi connectivity index (χ1) is 16.2. The van der Waals surface area contributed by atoms with Gasteiger partial charge in [0.1, 0.15) is 12.4 Å². The minimum atomic E-state index is -0.0450. The van der Waals surface area contributed by atoms with E-state index < -0.39 is 0 Å². The standard InChI is InChI=1S/C28H33N3O2/c1-29-26-13-8-18-31(19-22-9-4-2-5-10-22)20-27(26)30-28(32)24-14-16-25(17-15-24)33-21-23-11-6-3-7-12-23/h2-7,9-12,14-17,26-27,29H,8,13,18-21H2,1H3,(H,30,32). The fourth-order valence-corrected chi connectivity index (χ4v) is 4.40. The number of rotatable bonds is 8. The molecule has 5 nitrogen and oxygen atoms in total. The van der Waals surface area contributed by atoms with Crippen LogP contribution in [0.25, 0.3) is 0 Å². The van der Waals surface area contributed by atoms with Crippen LogP contribution >= 0.6 is 0 Å². The molecule has 2 N–H and O–H groups in total. The van der Waals surface area contributed by atoms with Crippen molar-refractivity contribution in [2.75, 3.05) is 20.1 Å². The predicted molar refractivity (Wildman–Crippen MR) is 132 cm³/mol. The van der Waals surface area contributed by atoms with E-state index in [-0.39, 0.29) is 18.0 Å². The summed E-state index contributed by atoms with van der Waals surface area (Å²) in [5.41, 5.74) is 3.07. The monoisotopic (exact) mass is 443 g/mol. The number of hydrogen-bond donors (Lipinski definition) is 2. The van der Waals surface area contributed by atoms with Crippen molar-refractivity contribution in [1.29, 1.82) is 0 Å². The third-order valence-electron chi connectivity index (χ3n) is 6.23. The second-order valence-corrected chi connectivity index (χ2v) is 8.64. The lowest BCUT2D eigenvalue weighted by atomic mass is 10.0. The Hall–Kier alpha value is -3.15. The molecule has 2 unspecified atom stereocenters.